The van der Waals surface area contributed by atoms with Gasteiger partial charge < -0.3 is 15.1 Å². The summed E-state index contributed by atoms with van der Waals surface area (Å²) in [5.41, 5.74) is 3.82. The van der Waals surface area contributed by atoms with Gasteiger partial charge in [-0.15, -0.1) is 0 Å². The Morgan fingerprint density at radius 3 is 2.47 bits per heavy atom. The van der Waals surface area contributed by atoms with E-state index in [4.69, 9.17) is 0 Å². The lowest BCUT2D eigenvalue weighted by Crippen LogP contribution is -2.38. The maximum absolute atomic E-state index is 12.8. The largest absolute Gasteiger partial charge is 0.357 e. The van der Waals surface area contributed by atoms with Crippen LogP contribution in [0.1, 0.15) is 47.2 Å². The molecule has 158 valence electrons. The SMILES string of the molecule is Cc1ccc(C)c(NC(=O)C2CCN(c3cc(C(=O)N4CCCC4)ccn3)CC2)c1. The highest BCUT2D eigenvalue weighted by molar-refractivity contribution is 5.95. The number of nitrogens with one attached hydrogen (secondary N) is 1. The minimum Gasteiger partial charge on any atom is -0.357 e. The number of amides is 2. The van der Waals surface area contributed by atoms with Crippen LogP contribution in [-0.2, 0) is 4.79 Å². The number of carbonyl (C=O) groups is 2. The Bertz CT molecular complexity index is 929. The summed E-state index contributed by atoms with van der Waals surface area (Å²) in [6.07, 6.45) is 5.45. The Kier molecular flexibility index (Phi) is 6.02. The van der Waals surface area contributed by atoms with E-state index in [1.807, 2.05) is 36.9 Å². The topological polar surface area (TPSA) is 65.5 Å². The highest BCUT2D eigenvalue weighted by atomic mass is 16.2. The Balaban J connectivity index is 1.36. The first-order valence-corrected chi connectivity index (χ1v) is 10.9. The van der Waals surface area contributed by atoms with Gasteiger partial charge in [-0.05, 0) is 68.9 Å². The molecule has 2 aromatic rings. The molecule has 2 amide bonds. The first kappa shape index (κ1) is 20.4. The second-order valence-corrected chi connectivity index (χ2v) is 8.47. The van der Waals surface area contributed by atoms with E-state index in [1.165, 1.54) is 0 Å². The third kappa shape index (κ3) is 4.48. The van der Waals surface area contributed by atoms with Gasteiger partial charge in [0.25, 0.3) is 5.91 Å². The van der Waals surface area contributed by atoms with E-state index >= 15 is 0 Å². The molecule has 2 saturated heterocycles. The van der Waals surface area contributed by atoms with Gasteiger partial charge >= 0.3 is 0 Å². The number of piperidine rings is 1. The van der Waals surface area contributed by atoms with Crippen molar-refractivity contribution in [3.8, 4) is 0 Å². The number of anilines is 2. The minimum absolute atomic E-state index is 0.00410. The highest BCUT2D eigenvalue weighted by Crippen LogP contribution is 2.25. The zero-order valence-electron chi connectivity index (χ0n) is 17.9. The van der Waals surface area contributed by atoms with Gasteiger partial charge in [0.05, 0.1) is 0 Å². The Labute approximate surface area is 178 Å². The molecule has 0 unspecified atom stereocenters. The molecule has 0 bridgehead atoms. The summed E-state index contributed by atoms with van der Waals surface area (Å²) in [4.78, 5) is 34.0. The number of benzene rings is 1. The van der Waals surface area contributed by atoms with Crippen molar-refractivity contribution in [1.29, 1.82) is 0 Å². The number of hydrogen-bond acceptors (Lipinski definition) is 4. The van der Waals surface area contributed by atoms with Crippen molar-refractivity contribution in [2.24, 2.45) is 5.92 Å². The predicted molar refractivity (Wildman–Crippen MR) is 119 cm³/mol. The van der Waals surface area contributed by atoms with E-state index in [0.29, 0.717) is 5.56 Å². The molecule has 2 fully saturated rings. The molecule has 2 aliphatic rings. The van der Waals surface area contributed by atoms with Crippen molar-refractivity contribution in [1.82, 2.24) is 9.88 Å². The molecule has 6 heteroatoms. The number of nitrogens with zero attached hydrogens (tertiary/aromatic N) is 3. The summed E-state index contributed by atoms with van der Waals surface area (Å²) in [5.74, 6) is 1.01. The number of aromatic nitrogens is 1. The quantitative estimate of drug-likeness (QED) is 0.839. The predicted octanol–water partition coefficient (Wildman–Crippen LogP) is 3.79. The van der Waals surface area contributed by atoms with Gasteiger partial charge in [0.1, 0.15) is 5.82 Å². The Morgan fingerprint density at radius 2 is 1.73 bits per heavy atom. The zero-order chi connectivity index (χ0) is 21.1. The maximum Gasteiger partial charge on any atom is 0.254 e. The molecule has 30 heavy (non-hydrogen) atoms. The fraction of sp³-hybridized carbons (Fsp3) is 0.458. The average molecular weight is 407 g/mol. The third-order valence-corrected chi connectivity index (χ3v) is 6.23. The molecule has 1 N–H and O–H groups in total. The molecule has 0 aliphatic carbocycles. The van der Waals surface area contributed by atoms with Crippen molar-refractivity contribution < 1.29 is 9.59 Å². The van der Waals surface area contributed by atoms with Crippen LogP contribution in [0.2, 0.25) is 0 Å². The van der Waals surface area contributed by atoms with Crippen molar-refractivity contribution >= 4 is 23.3 Å². The summed E-state index contributed by atoms with van der Waals surface area (Å²) in [6, 6.07) is 9.82. The number of likely N-dealkylation sites (tertiary alicyclic amines) is 1. The van der Waals surface area contributed by atoms with Crippen molar-refractivity contribution in [2.45, 2.75) is 39.5 Å². The molecular formula is C24H30N4O2. The van der Waals surface area contributed by atoms with E-state index < -0.39 is 0 Å². The molecular weight excluding hydrogens is 376 g/mol. The van der Waals surface area contributed by atoms with Gasteiger partial charge in [-0.3, -0.25) is 9.59 Å². The van der Waals surface area contributed by atoms with Crippen molar-refractivity contribution in [3.05, 3.63) is 53.2 Å². The van der Waals surface area contributed by atoms with Crippen LogP contribution in [0.3, 0.4) is 0 Å². The molecule has 0 atom stereocenters. The molecule has 3 heterocycles. The number of aryl methyl sites for hydroxylation is 2. The first-order chi connectivity index (χ1) is 14.5. The smallest absolute Gasteiger partial charge is 0.254 e. The van der Waals surface area contributed by atoms with E-state index in [9.17, 15) is 9.59 Å². The standard InChI is InChI=1S/C24H30N4O2/c1-17-5-6-18(2)21(15-17)26-23(29)19-8-13-27(14-9-19)22-16-20(7-10-25-22)24(30)28-11-3-4-12-28/h5-7,10,15-16,19H,3-4,8-9,11-14H2,1-2H3,(H,26,29). The highest BCUT2D eigenvalue weighted by Gasteiger charge is 2.27. The summed E-state index contributed by atoms with van der Waals surface area (Å²) >= 11 is 0. The Morgan fingerprint density at radius 1 is 1.00 bits per heavy atom. The first-order valence-electron chi connectivity index (χ1n) is 10.9. The number of hydrogen-bond donors (Lipinski definition) is 1. The van der Waals surface area contributed by atoms with Crippen LogP contribution >= 0.6 is 0 Å². The summed E-state index contributed by atoms with van der Waals surface area (Å²) in [5, 5.41) is 3.11. The van der Waals surface area contributed by atoms with Gasteiger partial charge in [-0.2, -0.15) is 0 Å². The van der Waals surface area contributed by atoms with Crippen molar-refractivity contribution in [2.75, 3.05) is 36.4 Å². The number of carbonyl (C=O) groups excluding carboxylic acids is 2. The van der Waals surface area contributed by atoms with Gasteiger partial charge in [-0.25, -0.2) is 4.98 Å². The molecule has 0 radical (unpaired) electrons. The van der Waals surface area contributed by atoms with E-state index in [2.05, 4.69) is 21.3 Å². The summed E-state index contributed by atoms with van der Waals surface area (Å²) in [7, 11) is 0. The number of rotatable bonds is 4. The third-order valence-electron chi connectivity index (χ3n) is 6.23. The van der Waals surface area contributed by atoms with Gasteiger partial charge in [0.15, 0.2) is 0 Å². The van der Waals surface area contributed by atoms with Gasteiger partial charge in [-0.1, -0.05) is 12.1 Å². The van der Waals surface area contributed by atoms with Crippen LogP contribution in [0.5, 0.6) is 0 Å². The molecule has 0 saturated carbocycles. The minimum atomic E-state index is -0.00410. The van der Waals surface area contributed by atoms with Crippen molar-refractivity contribution in [3.63, 3.8) is 0 Å². The molecule has 0 spiro atoms. The molecule has 2 aliphatic heterocycles. The van der Waals surface area contributed by atoms with Crippen LogP contribution in [0.25, 0.3) is 0 Å². The monoisotopic (exact) mass is 406 g/mol. The van der Waals surface area contributed by atoms with E-state index in [-0.39, 0.29) is 17.7 Å². The van der Waals surface area contributed by atoms with Crippen LogP contribution in [0, 0.1) is 19.8 Å². The fourth-order valence-electron chi connectivity index (χ4n) is 4.30. The molecule has 4 rings (SSSR count). The Hall–Kier alpha value is -2.89. The van der Waals surface area contributed by atoms with Crippen LogP contribution in [-0.4, -0.2) is 47.9 Å². The van der Waals surface area contributed by atoms with Crippen LogP contribution in [0.4, 0.5) is 11.5 Å². The van der Waals surface area contributed by atoms with Gasteiger partial charge in [0, 0.05) is 49.5 Å². The fourth-order valence-corrected chi connectivity index (χ4v) is 4.30. The molecule has 6 nitrogen and oxygen atoms in total. The van der Waals surface area contributed by atoms with E-state index in [1.54, 1.807) is 12.3 Å². The van der Waals surface area contributed by atoms with Gasteiger partial charge in [0.2, 0.25) is 5.91 Å². The lowest BCUT2D eigenvalue weighted by molar-refractivity contribution is -0.120. The average Bonchev–Trinajstić information content (AvgIpc) is 3.31. The molecule has 1 aromatic carbocycles. The lowest BCUT2D eigenvalue weighted by atomic mass is 9.95. The van der Waals surface area contributed by atoms with Crippen LogP contribution < -0.4 is 10.2 Å². The number of pyridine rings is 1. The second kappa shape index (κ2) is 8.86. The second-order valence-electron chi connectivity index (χ2n) is 8.47. The summed E-state index contributed by atoms with van der Waals surface area (Å²) in [6.45, 7) is 7.26. The zero-order valence-corrected chi connectivity index (χ0v) is 17.9. The van der Waals surface area contributed by atoms with Crippen LogP contribution in [0.15, 0.2) is 36.5 Å². The maximum atomic E-state index is 12.8. The van der Waals surface area contributed by atoms with E-state index in [0.717, 1.165) is 74.5 Å². The summed E-state index contributed by atoms with van der Waals surface area (Å²) < 4.78 is 0. The lowest BCUT2D eigenvalue weighted by Gasteiger charge is -2.32. The molecule has 1 aromatic heterocycles. The normalized spacial score (nSPS) is 17.3.